The van der Waals surface area contributed by atoms with Crippen LogP contribution in [-0.4, -0.2) is 118 Å². The molecule has 2 aliphatic rings. The monoisotopic (exact) mass is 580 g/mol. The molecule has 2 aliphatic heterocycles. The molecule has 2 heterocycles. The van der Waals surface area contributed by atoms with Crippen LogP contribution in [0.4, 0.5) is 0 Å². The Morgan fingerprint density at radius 3 is 1.29 bits per heavy atom. The minimum absolute atomic E-state index is 0.0237. The predicted octanol–water partition coefficient (Wildman–Crippen LogP) is -0.541. The molecule has 0 radical (unpaired) electrons. The molecule has 12 heteroatoms. The van der Waals surface area contributed by atoms with Gasteiger partial charge in [0.25, 0.3) is 0 Å². The van der Waals surface area contributed by atoms with Crippen LogP contribution in [0.2, 0.25) is 0 Å². The number of aliphatic hydroxyl groups excluding tert-OH is 6. The number of benzene rings is 2. The highest BCUT2D eigenvalue weighted by molar-refractivity contribution is 5.14. The molecule has 2 saturated heterocycles. The van der Waals surface area contributed by atoms with Gasteiger partial charge in [0.1, 0.15) is 48.8 Å². The molecule has 0 aromatic heterocycles. The van der Waals surface area contributed by atoms with Crippen LogP contribution in [0.1, 0.15) is 17.5 Å². The first-order chi connectivity index (χ1) is 19.8. The summed E-state index contributed by atoms with van der Waals surface area (Å²) in [6, 6.07) is 18.9. The third-order valence-corrected chi connectivity index (χ3v) is 6.98. The van der Waals surface area contributed by atoms with Gasteiger partial charge in [-0.05, 0) is 17.5 Å². The lowest BCUT2D eigenvalue weighted by molar-refractivity contribution is -0.309. The lowest BCUT2D eigenvalue weighted by Crippen LogP contribution is -2.59. The van der Waals surface area contributed by atoms with E-state index in [0.717, 1.165) is 11.1 Å². The van der Waals surface area contributed by atoms with Crippen LogP contribution in [0, 0.1) is 0 Å². The third kappa shape index (κ3) is 8.97. The van der Waals surface area contributed by atoms with Crippen molar-refractivity contribution in [3.8, 4) is 0 Å². The van der Waals surface area contributed by atoms with Crippen LogP contribution < -0.4 is 0 Å². The number of rotatable bonds is 14. The van der Waals surface area contributed by atoms with Crippen molar-refractivity contribution in [3.05, 3.63) is 71.8 Å². The molecule has 2 fully saturated rings. The van der Waals surface area contributed by atoms with E-state index in [1.807, 2.05) is 60.7 Å². The second-order valence-electron chi connectivity index (χ2n) is 10.1. The molecule has 2 aromatic rings. The fourth-order valence-corrected chi connectivity index (χ4v) is 4.58. The van der Waals surface area contributed by atoms with E-state index in [2.05, 4.69) is 0 Å². The van der Waals surface area contributed by atoms with Crippen molar-refractivity contribution in [3.63, 3.8) is 0 Å². The van der Waals surface area contributed by atoms with Gasteiger partial charge in [-0.1, -0.05) is 60.7 Å². The predicted molar refractivity (Wildman–Crippen MR) is 142 cm³/mol. The third-order valence-electron chi connectivity index (χ3n) is 6.98. The Balaban J connectivity index is 1.17. The molecule has 228 valence electrons. The molecule has 6 N–H and O–H groups in total. The van der Waals surface area contributed by atoms with E-state index in [-0.39, 0.29) is 46.1 Å². The summed E-state index contributed by atoms with van der Waals surface area (Å²) in [5.74, 6) is 0. The largest absolute Gasteiger partial charge is 0.387 e. The quantitative estimate of drug-likeness (QED) is 0.158. The molecular weight excluding hydrogens is 540 g/mol. The van der Waals surface area contributed by atoms with E-state index in [1.54, 1.807) is 0 Å². The summed E-state index contributed by atoms with van der Waals surface area (Å²) >= 11 is 0. The van der Waals surface area contributed by atoms with Crippen LogP contribution >= 0.6 is 0 Å². The van der Waals surface area contributed by atoms with Crippen LogP contribution in [-0.2, 0) is 41.6 Å². The first kappa shape index (κ1) is 31.9. The number of ether oxygens (including phenoxy) is 6. The highest BCUT2D eigenvalue weighted by atomic mass is 16.7. The topological polar surface area (TPSA) is 177 Å². The Morgan fingerprint density at radius 1 is 0.512 bits per heavy atom. The summed E-state index contributed by atoms with van der Waals surface area (Å²) in [6.07, 6.45) is -12.6. The lowest BCUT2D eigenvalue weighted by atomic mass is 9.99. The summed E-state index contributed by atoms with van der Waals surface area (Å²) in [5.41, 5.74) is 1.87. The summed E-state index contributed by atoms with van der Waals surface area (Å²) in [5, 5.41) is 61.7. The smallest absolute Gasteiger partial charge is 0.186 e. The van der Waals surface area contributed by atoms with Crippen LogP contribution in [0.3, 0.4) is 0 Å². The molecular formula is C29H40O12. The summed E-state index contributed by atoms with van der Waals surface area (Å²) in [6.45, 7) is 0.610. The van der Waals surface area contributed by atoms with E-state index < -0.39 is 61.4 Å². The van der Waals surface area contributed by atoms with Crippen LogP contribution in [0.5, 0.6) is 0 Å². The Bertz CT molecular complexity index is 918. The highest BCUT2D eigenvalue weighted by Gasteiger charge is 2.45. The highest BCUT2D eigenvalue weighted by Crippen LogP contribution is 2.24. The molecule has 41 heavy (non-hydrogen) atoms. The van der Waals surface area contributed by atoms with E-state index in [0.29, 0.717) is 0 Å². The molecule has 0 spiro atoms. The first-order valence-corrected chi connectivity index (χ1v) is 13.7. The van der Waals surface area contributed by atoms with Crippen molar-refractivity contribution in [1.29, 1.82) is 0 Å². The molecule has 4 rings (SSSR count). The van der Waals surface area contributed by atoms with Gasteiger partial charge in [0.2, 0.25) is 0 Å². The van der Waals surface area contributed by atoms with Gasteiger partial charge in [-0.15, -0.1) is 0 Å². The lowest BCUT2D eigenvalue weighted by Gasteiger charge is -2.40. The summed E-state index contributed by atoms with van der Waals surface area (Å²) in [4.78, 5) is 0. The van der Waals surface area contributed by atoms with E-state index in [9.17, 15) is 30.6 Å². The molecule has 2 aromatic carbocycles. The second kappa shape index (κ2) is 16.0. The Kier molecular flexibility index (Phi) is 12.4. The number of hydrogen-bond acceptors (Lipinski definition) is 12. The van der Waals surface area contributed by atoms with Crippen molar-refractivity contribution in [1.82, 2.24) is 0 Å². The zero-order chi connectivity index (χ0) is 29.2. The Labute approximate surface area is 238 Å². The van der Waals surface area contributed by atoms with Gasteiger partial charge < -0.3 is 59.1 Å². The zero-order valence-electron chi connectivity index (χ0n) is 22.6. The van der Waals surface area contributed by atoms with Crippen LogP contribution in [0.15, 0.2) is 60.7 Å². The van der Waals surface area contributed by atoms with Gasteiger partial charge in [-0.3, -0.25) is 0 Å². The van der Waals surface area contributed by atoms with Gasteiger partial charge in [0.05, 0.1) is 39.6 Å². The summed E-state index contributed by atoms with van der Waals surface area (Å²) in [7, 11) is 0. The van der Waals surface area contributed by atoms with E-state index >= 15 is 0 Å². The average Bonchev–Trinajstić information content (AvgIpc) is 2.99. The summed E-state index contributed by atoms with van der Waals surface area (Å²) < 4.78 is 33.7. The first-order valence-electron chi connectivity index (χ1n) is 13.7. The molecule has 0 bridgehead atoms. The van der Waals surface area contributed by atoms with Crippen molar-refractivity contribution >= 4 is 0 Å². The minimum atomic E-state index is -1.49. The van der Waals surface area contributed by atoms with Crippen LogP contribution in [0.25, 0.3) is 0 Å². The SMILES string of the molecule is O[C@H]1[C@@H](O)[C@@H](COCc2ccccc2)O[C@@H](OCCCO[C@@H]2O[C@H](COCc3ccccc3)[C@H](O)[C@H](O)[C@H]2O)[C@@H]1O. The van der Waals surface area contributed by atoms with Crippen molar-refractivity contribution in [2.24, 2.45) is 0 Å². The van der Waals surface area contributed by atoms with Gasteiger partial charge in [-0.2, -0.15) is 0 Å². The molecule has 0 saturated carbocycles. The minimum Gasteiger partial charge on any atom is -0.387 e. The van der Waals surface area contributed by atoms with Crippen molar-refractivity contribution in [2.45, 2.75) is 81.0 Å². The molecule has 0 unspecified atom stereocenters. The van der Waals surface area contributed by atoms with Gasteiger partial charge >= 0.3 is 0 Å². The standard InChI is InChI=1S/C29H40O12/c30-22-20(16-36-14-18-8-3-1-4-9-18)40-28(26(34)24(22)32)38-12-7-13-39-29-27(35)25(33)23(31)21(41-29)17-37-15-19-10-5-2-6-11-19/h1-6,8-11,20-35H,7,12-17H2/t20-,21-,22+,23+,24+,25+,26-,27-,28-,29-/m1/s1. The maximum absolute atomic E-state index is 10.3. The van der Waals surface area contributed by atoms with E-state index in [1.165, 1.54) is 0 Å². The van der Waals surface area contributed by atoms with Crippen molar-refractivity contribution in [2.75, 3.05) is 26.4 Å². The van der Waals surface area contributed by atoms with Gasteiger partial charge in [0, 0.05) is 0 Å². The average molecular weight is 581 g/mol. The molecule has 0 aliphatic carbocycles. The Hall–Kier alpha value is -2.04. The fraction of sp³-hybridized carbons (Fsp3) is 0.586. The maximum atomic E-state index is 10.3. The molecule has 0 amide bonds. The number of aliphatic hydroxyl groups is 6. The Morgan fingerprint density at radius 2 is 0.902 bits per heavy atom. The normalized spacial score (nSPS) is 34.0. The second-order valence-corrected chi connectivity index (χ2v) is 10.1. The number of hydrogen-bond donors (Lipinski definition) is 6. The molecule has 12 nitrogen and oxygen atoms in total. The maximum Gasteiger partial charge on any atom is 0.186 e. The zero-order valence-corrected chi connectivity index (χ0v) is 22.6. The fourth-order valence-electron chi connectivity index (χ4n) is 4.58. The van der Waals surface area contributed by atoms with Gasteiger partial charge in [0.15, 0.2) is 12.6 Å². The molecule has 10 atom stereocenters. The van der Waals surface area contributed by atoms with Crippen molar-refractivity contribution < 1.29 is 59.1 Å². The van der Waals surface area contributed by atoms with E-state index in [4.69, 9.17) is 28.4 Å². The van der Waals surface area contributed by atoms with Gasteiger partial charge in [-0.25, -0.2) is 0 Å².